The lowest BCUT2D eigenvalue weighted by molar-refractivity contribution is 0.242. The van der Waals surface area contributed by atoms with Crippen molar-refractivity contribution in [2.24, 2.45) is 0 Å². The monoisotopic (exact) mass is 351 g/mol. The van der Waals surface area contributed by atoms with Gasteiger partial charge in [0, 0.05) is 0 Å². The van der Waals surface area contributed by atoms with E-state index in [0.29, 0.717) is 4.47 Å². The third-order valence-electron chi connectivity index (χ3n) is 3.15. The molecule has 0 amide bonds. The highest BCUT2D eigenvalue weighted by molar-refractivity contribution is 9.10. The molecule has 2 rings (SSSR count). The van der Waals surface area contributed by atoms with Gasteiger partial charge in [-0.1, -0.05) is 18.2 Å². The number of hydrogen-bond acceptors (Lipinski definition) is 2. The minimum atomic E-state index is -0.257. The van der Waals surface area contributed by atoms with Crippen molar-refractivity contribution in [1.29, 1.82) is 0 Å². The molecule has 0 heterocycles. The lowest BCUT2D eigenvalue weighted by Gasteiger charge is -2.18. The van der Waals surface area contributed by atoms with Gasteiger partial charge < -0.3 is 10.1 Å². The van der Waals surface area contributed by atoms with Gasteiger partial charge >= 0.3 is 0 Å². The maximum atomic E-state index is 13.7. The predicted octanol–water partition coefficient (Wildman–Crippen LogP) is 4.68. The number of halogens is 2. The van der Waals surface area contributed by atoms with Crippen LogP contribution < -0.4 is 10.1 Å². The van der Waals surface area contributed by atoms with Gasteiger partial charge in [-0.3, -0.25) is 0 Å². The van der Waals surface area contributed by atoms with E-state index in [4.69, 9.17) is 4.74 Å². The standard InChI is InChI=1S/C17H19BrFNO/c1-11(2)21-14-7-4-12(5-8-14)17(20-3)13-6-9-15(18)16(19)10-13/h4-11,17,20H,1-3H3. The van der Waals surface area contributed by atoms with Crippen LogP contribution in [0.15, 0.2) is 46.9 Å². The summed E-state index contributed by atoms with van der Waals surface area (Å²) in [6, 6.07) is 13.0. The highest BCUT2D eigenvalue weighted by atomic mass is 79.9. The zero-order chi connectivity index (χ0) is 15.4. The molecule has 0 aliphatic heterocycles. The van der Waals surface area contributed by atoms with Crippen molar-refractivity contribution in [1.82, 2.24) is 5.32 Å². The summed E-state index contributed by atoms with van der Waals surface area (Å²) < 4.78 is 19.8. The number of hydrogen-bond donors (Lipinski definition) is 1. The van der Waals surface area contributed by atoms with Gasteiger partial charge in [-0.05, 0) is 72.2 Å². The van der Waals surface area contributed by atoms with Gasteiger partial charge in [0.25, 0.3) is 0 Å². The molecule has 2 nitrogen and oxygen atoms in total. The fraction of sp³-hybridized carbons (Fsp3) is 0.294. The fourth-order valence-electron chi connectivity index (χ4n) is 2.23. The zero-order valence-electron chi connectivity index (χ0n) is 12.4. The van der Waals surface area contributed by atoms with Crippen molar-refractivity contribution in [3.05, 3.63) is 63.9 Å². The second-order valence-electron chi connectivity index (χ2n) is 5.13. The molecule has 0 saturated carbocycles. The molecule has 0 aliphatic carbocycles. The second kappa shape index (κ2) is 7.05. The molecule has 0 fully saturated rings. The van der Waals surface area contributed by atoms with E-state index in [1.807, 2.05) is 51.2 Å². The lowest BCUT2D eigenvalue weighted by Crippen LogP contribution is -2.17. The topological polar surface area (TPSA) is 21.3 Å². The maximum Gasteiger partial charge on any atom is 0.137 e. The molecule has 0 radical (unpaired) electrons. The first kappa shape index (κ1) is 16.0. The summed E-state index contributed by atoms with van der Waals surface area (Å²) in [5, 5.41) is 3.22. The second-order valence-corrected chi connectivity index (χ2v) is 5.99. The third kappa shape index (κ3) is 4.05. The van der Waals surface area contributed by atoms with Crippen LogP contribution in [0.2, 0.25) is 0 Å². The molecule has 1 atom stereocenters. The molecule has 112 valence electrons. The zero-order valence-corrected chi connectivity index (χ0v) is 13.9. The Morgan fingerprint density at radius 2 is 1.67 bits per heavy atom. The largest absolute Gasteiger partial charge is 0.491 e. The molecule has 0 spiro atoms. The van der Waals surface area contributed by atoms with E-state index < -0.39 is 0 Å². The Bertz CT molecular complexity index is 598. The first-order valence-corrected chi connectivity index (χ1v) is 7.69. The molecule has 0 aromatic heterocycles. The van der Waals surface area contributed by atoms with Crippen LogP contribution in [0.3, 0.4) is 0 Å². The van der Waals surface area contributed by atoms with Crippen LogP contribution in [0.1, 0.15) is 31.0 Å². The van der Waals surface area contributed by atoms with Crippen LogP contribution >= 0.6 is 15.9 Å². The number of ether oxygens (including phenoxy) is 1. The average molecular weight is 352 g/mol. The predicted molar refractivity (Wildman–Crippen MR) is 87.2 cm³/mol. The fourth-order valence-corrected chi connectivity index (χ4v) is 2.48. The smallest absolute Gasteiger partial charge is 0.137 e. The van der Waals surface area contributed by atoms with Crippen LogP contribution in [-0.4, -0.2) is 13.2 Å². The molecule has 4 heteroatoms. The Morgan fingerprint density at radius 3 is 2.19 bits per heavy atom. The Hall–Kier alpha value is -1.39. The SMILES string of the molecule is CNC(c1ccc(OC(C)C)cc1)c1ccc(Br)c(F)c1. The summed E-state index contributed by atoms with van der Waals surface area (Å²) in [6.45, 7) is 3.99. The van der Waals surface area contributed by atoms with Gasteiger partial charge in [-0.2, -0.15) is 0 Å². The Balaban J connectivity index is 2.26. The van der Waals surface area contributed by atoms with Crippen molar-refractivity contribution in [3.8, 4) is 5.75 Å². The van der Waals surface area contributed by atoms with Gasteiger partial charge in [0.15, 0.2) is 0 Å². The molecule has 1 unspecified atom stereocenters. The van der Waals surface area contributed by atoms with Gasteiger partial charge in [0.1, 0.15) is 11.6 Å². The van der Waals surface area contributed by atoms with E-state index in [1.54, 1.807) is 12.1 Å². The lowest BCUT2D eigenvalue weighted by atomic mass is 9.99. The van der Waals surface area contributed by atoms with Crippen molar-refractivity contribution in [2.75, 3.05) is 7.05 Å². The average Bonchev–Trinajstić information content (AvgIpc) is 2.45. The molecular weight excluding hydrogens is 333 g/mol. The molecule has 0 aliphatic rings. The van der Waals surface area contributed by atoms with Crippen molar-refractivity contribution >= 4 is 15.9 Å². The van der Waals surface area contributed by atoms with Gasteiger partial charge in [-0.15, -0.1) is 0 Å². The summed E-state index contributed by atoms with van der Waals surface area (Å²) >= 11 is 3.18. The molecule has 21 heavy (non-hydrogen) atoms. The first-order chi connectivity index (χ1) is 10.0. The molecule has 0 saturated heterocycles. The van der Waals surface area contributed by atoms with Crippen LogP contribution in [0.5, 0.6) is 5.75 Å². The van der Waals surface area contributed by atoms with E-state index >= 15 is 0 Å². The minimum Gasteiger partial charge on any atom is -0.491 e. The Morgan fingerprint density at radius 1 is 1.05 bits per heavy atom. The first-order valence-electron chi connectivity index (χ1n) is 6.90. The van der Waals surface area contributed by atoms with Crippen LogP contribution in [0.4, 0.5) is 4.39 Å². The molecule has 1 N–H and O–H groups in total. The Labute approximate surface area is 133 Å². The van der Waals surface area contributed by atoms with Crippen molar-refractivity contribution in [3.63, 3.8) is 0 Å². The van der Waals surface area contributed by atoms with E-state index in [-0.39, 0.29) is 18.0 Å². The molecular formula is C17H19BrFNO. The summed E-state index contributed by atoms with van der Waals surface area (Å²) in [6.07, 6.45) is 0.150. The van der Waals surface area contributed by atoms with Crippen LogP contribution in [-0.2, 0) is 0 Å². The van der Waals surface area contributed by atoms with Crippen LogP contribution in [0, 0.1) is 5.82 Å². The summed E-state index contributed by atoms with van der Waals surface area (Å²) in [7, 11) is 1.86. The van der Waals surface area contributed by atoms with Crippen molar-refractivity contribution in [2.45, 2.75) is 26.0 Å². The third-order valence-corrected chi connectivity index (χ3v) is 3.79. The van der Waals surface area contributed by atoms with Gasteiger partial charge in [0.05, 0.1) is 16.6 Å². The van der Waals surface area contributed by atoms with Gasteiger partial charge in [0.2, 0.25) is 0 Å². The van der Waals surface area contributed by atoms with E-state index in [2.05, 4.69) is 21.2 Å². The van der Waals surface area contributed by atoms with E-state index in [9.17, 15) is 4.39 Å². The van der Waals surface area contributed by atoms with Crippen molar-refractivity contribution < 1.29 is 9.13 Å². The Kier molecular flexibility index (Phi) is 5.37. The molecule has 2 aromatic carbocycles. The van der Waals surface area contributed by atoms with Gasteiger partial charge in [-0.25, -0.2) is 4.39 Å². The normalized spacial score (nSPS) is 12.5. The van der Waals surface area contributed by atoms with Crippen LogP contribution in [0.25, 0.3) is 0 Å². The maximum absolute atomic E-state index is 13.7. The highest BCUT2D eigenvalue weighted by Crippen LogP contribution is 2.27. The quantitative estimate of drug-likeness (QED) is 0.843. The number of nitrogens with one attached hydrogen (secondary N) is 1. The van der Waals surface area contributed by atoms with E-state index in [1.165, 1.54) is 0 Å². The summed E-state index contributed by atoms with van der Waals surface area (Å²) in [4.78, 5) is 0. The van der Waals surface area contributed by atoms with E-state index in [0.717, 1.165) is 16.9 Å². The molecule has 2 aromatic rings. The summed E-state index contributed by atoms with van der Waals surface area (Å²) in [5.41, 5.74) is 1.95. The number of benzene rings is 2. The summed E-state index contributed by atoms with van der Waals surface area (Å²) in [5.74, 6) is 0.582. The molecule has 0 bridgehead atoms. The minimum absolute atomic E-state index is 0.0549. The highest BCUT2D eigenvalue weighted by Gasteiger charge is 2.14. The number of rotatable bonds is 5.